The fourth-order valence-corrected chi connectivity index (χ4v) is 3.78. The first-order valence-electron chi connectivity index (χ1n) is 9.46. The maximum atomic E-state index is 12.5. The molecule has 0 radical (unpaired) electrons. The molecular weight excluding hydrogens is 406 g/mol. The van der Waals surface area contributed by atoms with Gasteiger partial charge in [0, 0.05) is 38.9 Å². The second-order valence-corrected chi connectivity index (χ2v) is 8.42. The molecule has 164 valence electrons. The van der Waals surface area contributed by atoms with Gasteiger partial charge in [0.25, 0.3) is 0 Å². The lowest BCUT2D eigenvalue weighted by molar-refractivity contribution is -0.0504. The normalized spacial score (nSPS) is 17.9. The Morgan fingerprint density at radius 2 is 2.10 bits per heavy atom. The van der Waals surface area contributed by atoms with Gasteiger partial charge in [-0.05, 0) is 25.3 Å². The van der Waals surface area contributed by atoms with Gasteiger partial charge in [0.05, 0.1) is 11.9 Å². The van der Waals surface area contributed by atoms with Crippen molar-refractivity contribution in [3.05, 3.63) is 29.8 Å². The Balaban J connectivity index is 1.74. The van der Waals surface area contributed by atoms with E-state index in [0.717, 1.165) is 19.3 Å². The standard InChI is InChI=1S/C18H28F2N4O4S/c1-21-18(23-12-14-6-2-3-8-16(14)28-17(19)20)22-9-11-29(25,26)24-13-15-7-4-5-10-27-15/h2-3,6,8,15,17,24H,4-5,7,9-13H2,1H3,(H2,21,22,23). The molecule has 1 saturated heterocycles. The molecule has 29 heavy (non-hydrogen) atoms. The van der Waals surface area contributed by atoms with Crippen molar-refractivity contribution < 1.29 is 26.7 Å². The summed E-state index contributed by atoms with van der Waals surface area (Å²) in [6, 6.07) is 6.41. The van der Waals surface area contributed by atoms with Gasteiger partial charge >= 0.3 is 6.61 Å². The predicted octanol–water partition coefficient (Wildman–Crippen LogP) is 1.44. The number of rotatable bonds is 10. The summed E-state index contributed by atoms with van der Waals surface area (Å²) in [6.07, 6.45) is 2.84. The Hall–Kier alpha value is -1.98. The topological polar surface area (TPSA) is 101 Å². The molecule has 2 rings (SSSR count). The summed E-state index contributed by atoms with van der Waals surface area (Å²) in [7, 11) is -1.92. The number of hydrogen-bond acceptors (Lipinski definition) is 5. The van der Waals surface area contributed by atoms with Crippen LogP contribution in [0.15, 0.2) is 29.3 Å². The predicted molar refractivity (Wildman–Crippen MR) is 107 cm³/mol. The molecule has 1 aromatic carbocycles. The third-order valence-corrected chi connectivity index (χ3v) is 5.67. The van der Waals surface area contributed by atoms with Crippen LogP contribution in [0, 0.1) is 0 Å². The van der Waals surface area contributed by atoms with Gasteiger partial charge in [-0.1, -0.05) is 18.2 Å². The zero-order chi connectivity index (χ0) is 21.1. The number of halogens is 2. The minimum Gasteiger partial charge on any atom is -0.434 e. The molecule has 0 amide bonds. The molecule has 1 heterocycles. The first kappa shape index (κ1) is 23.3. The van der Waals surface area contributed by atoms with Gasteiger partial charge in [0.15, 0.2) is 5.96 Å². The summed E-state index contributed by atoms with van der Waals surface area (Å²) in [4.78, 5) is 4.00. The number of guanidine groups is 1. The summed E-state index contributed by atoms with van der Waals surface area (Å²) in [5.41, 5.74) is 0.525. The lowest BCUT2D eigenvalue weighted by Crippen LogP contribution is -2.42. The van der Waals surface area contributed by atoms with Gasteiger partial charge in [-0.2, -0.15) is 8.78 Å². The summed E-state index contributed by atoms with van der Waals surface area (Å²) >= 11 is 0. The summed E-state index contributed by atoms with van der Waals surface area (Å²) in [5.74, 6) is 0.288. The van der Waals surface area contributed by atoms with Crippen molar-refractivity contribution in [1.82, 2.24) is 15.4 Å². The van der Waals surface area contributed by atoms with Crippen LogP contribution in [0.3, 0.4) is 0 Å². The zero-order valence-electron chi connectivity index (χ0n) is 16.4. The largest absolute Gasteiger partial charge is 0.434 e. The van der Waals surface area contributed by atoms with Crippen molar-refractivity contribution in [2.45, 2.75) is 38.5 Å². The number of alkyl halides is 2. The molecular formula is C18H28F2N4O4S. The van der Waals surface area contributed by atoms with Gasteiger partial charge in [0.2, 0.25) is 10.0 Å². The van der Waals surface area contributed by atoms with E-state index in [2.05, 4.69) is 25.1 Å². The van der Waals surface area contributed by atoms with Crippen LogP contribution in [-0.4, -0.2) is 59.6 Å². The summed E-state index contributed by atoms with van der Waals surface area (Å²) in [6.45, 7) is -1.65. The Labute approximate surface area is 170 Å². The molecule has 8 nitrogen and oxygen atoms in total. The molecule has 1 fully saturated rings. The van der Waals surface area contributed by atoms with E-state index in [1.807, 2.05) is 0 Å². The van der Waals surface area contributed by atoms with Crippen molar-refractivity contribution in [3.63, 3.8) is 0 Å². The lowest BCUT2D eigenvalue weighted by atomic mass is 10.1. The van der Waals surface area contributed by atoms with Crippen LogP contribution < -0.4 is 20.1 Å². The van der Waals surface area contributed by atoms with Gasteiger partial charge in [-0.3, -0.25) is 4.99 Å². The Bertz CT molecular complexity index is 756. The van der Waals surface area contributed by atoms with Crippen LogP contribution in [0.2, 0.25) is 0 Å². The molecule has 1 aromatic rings. The average molecular weight is 435 g/mol. The van der Waals surface area contributed by atoms with Crippen LogP contribution in [-0.2, 0) is 21.3 Å². The Morgan fingerprint density at radius 1 is 1.31 bits per heavy atom. The molecule has 1 atom stereocenters. The number of nitrogens with one attached hydrogen (secondary N) is 3. The highest BCUT2D eigenvalue weighted by Crippen LogP contribution is 2.19. The van der Waals surface area contributed by atoms with E-state index in [1.54, 1.807) is 18.2 Å². The summed E-state index contributed by atoms with van der Waals surface area (Å²) in [5, 5.41) is 5.84. The van der Waals surface area contributed by atoms with E-state index in [1.165, 1.54) is 13.1 Å². The van der Waals surface area contributed by atoms with Crippen LogP contribution in [0.4, 0.5) is 8.78 Å². The van der Waals surface area contributed by atoms with Crippen molar-refractivity contribution >= 4 is 16.0 Å². The number of hydrogen-bond donors (Lipinski definition) is 3. The second kappa shape index (κ2) is 11.9. The third kappa shape index (κ3) is 8.92. The highest BCUT2D eigenvalue weighted by atomic mass is 32.2. The third-order valence-electron chi connectivity index (χ3n) is 4.33. The molecule has 1 aliphatic rings. The minimum atomic E-state index is -3.45. The SMILES string of the molecule is CN=C(NCCS(=O)(=O)NCC1CCCCO1)NCc1ccccc1OC(F)F. The quantitative estimate of drug-likeness (QED) is 0.381. The molecule has 11 heteroatoms. The highest BCUT2D eigenvalue weighted by Gasteiger charge is 2.17. The van der Waals surface area contributed by atoms with Crippen LogP contribution in [0.25, 0.3) is 0 Å². The van der Waals surface area contributed by atoms with Crippen molar-refractivity contribution in [1.29, 1.82) is 0 Å². The number of sulfonamides is 1. The highest BCUT2D eigenvalue weighted by molar-refractivity contribution is 7.89. The summed E-state index contributed by atoms with van der Waals surface area (Å²) < 4.78 is 61.7. The lowest BCUT2D eigenvalue weighted by Gasteiger charge is -2.22. The molecule has 0 spiro atoms. The fraction of sp³-hybridized carbons (Fsp3) is 0.611. The first-order valence-corrected chi connectivity index (χ1v) is 11.1. The minimum absolute atomic E-state index is 0.0714. The van der Waals surface area contributed by atoms with Gasteiger partial charge in [0.1, 0.15) is 5.75 Å². The van der Waals surface area contributed by atoms with Crippen LogP contribution >= 0.6 is 0 Å². The average Bonchev–Trinajstić information content (AvgIpc) is 2.70. The van der Waals surface area contributed by atoms with Crippen molar-refractivity contribution in [3.8, 4) is 5.75 Å². The monoisotopic (exact) mass is 434 g/mol. The van der Waals surface area contributed by atoms with E-state index in [-0.39, 0.29) is 37.2 Å². The fourth-order valence-electron chi connectivity index (χ4n) is 2.82. The number of ether oxygens (including phenoxy) is 2. The van der Waals surface area contributed by atoms with Gasteiger partial charge in [-0.25, -0.2) is 13.1 Å². The zero-order valence-corrected chi connectivity index (χ0v) is 17.2. The van der Waals surface area contributed by atoms with Gasteiger partial charge in [-0.15, -0.1) is 0 Å². The van der Waals surface area contributed by atoms with Crippen LogP contribution in [0.5, 0.6) is 5.75 Å². The maximum Gasteiger partial charge on any atom is 0.387 e. The van der Waals surface area contributed by atoms with E-state index < -0.39 is 16.6 Å². The molecule has 0 aromatic heterocycles. The van der Waals surface area contributed by atoms with Crippen LogP contribution in [0.1, 0.15) is 24.8 Å². The van der Waals surface area contributed by atoms with E-state index in [4.69, 9.17) is 4.74 Å². The number of benzene rings is 1. The molecule has 0 aliphatic carbocycles. The molecule has 3 N–H and O–H groups in total. The van der Waals surface area contributed by atoms with E-state index in [9.17, 15) is 17.2 Å². The smallest absolute Gasteiger partial charge is 0.387 e. The molecule has 1 unspecified atom stereocenters. The molecule has 0 bridgehead atoms. The first-order chi connectivity index (χ1) is 13.9. The molecule has 0 saturated carbocycles. The Kier molecular flexibility index (Phi) is 9.55. The van der Waals surface area contributed by atoms with E-state index >= 15 is 0 Å². The van der Waals surface area contributed by atoms with Crippen molar-refractivity contribution in [2.75, 3.05) is 32.5 Å². The second-order valence-electron chi connectivity index (χ2n) is 6.49. The number of aliphatic imine (C=N–C) groups is 1. The van der Waals surface area contributed by atoms with E-state index in [0.29, 0.717) is 18.1 Å². The van der Waals surface area contributed by atoms with Gasteiger partial charge < -0.3 is 20.1 Å². The Morgan fingerprint density at radius 3 is 2.79 bits per heavy atom. The number of nitrogens with zero attached hydrogens (tertiary/aromatic N) is 1. The maximum absolute atomic E-state index is 12.5. The van der Waals surface area contributed by atoms with Crippen molar-refractivity contribution in [2.24, 2.45) is 4.99 Å². The number of para-hydroxylation sites is 1. The molecule has 1 aliphatic heterocycles.